The molecule has 3 aromatic carbocycles. The first-order chi connectivity index (χ1) is 16.7. The molecular formula is C28H28N4O2S. The fraction of sp³-hybridized carbons (Fsp3) is 0.214. The molecule has 1 N–H and O–H groups in total. The van der Waals surface area contributed by atoms with Crippen molar-refractivity contribution in [1.29, 1.82) is 0 Å². The summed E-state index contributed by atoms with van der Waals surface area (Å²) < 4.78 is 1.56. The smallest absolute Gasteiger partial charge is 0.266 e. The van der Waals surface area contributed by atoms with E-state index in [2.05, 4.69) is 48.4 Å². The second-order valence-corrected chi connectivity index (χ2v) is 10.3. The van der Waals surface area contributed by atoms with Crippen molar-refractivity contribution in [2.75, 3.05) is 5.75 Å². The third-order valence-electron chi connectivity index (χ3n) is 5.55. The molecule has 35 heavy (non-hydrogen) atoms. The molecule has 0 spiro atoms. The lowest BCUT2D eigenvalue weighted by molar-refractivity contribution is -0.118. The molecule has 0 aliphatic carbocycles. The summed E-state index contributed by atoms with van der Waals surface area (Å²) in [4.78, 5) is 30.4. The second kappa shape index (κ2) is 10.3. The topological polar surface area (TPSA) is 76.3 Å². The van der Waals surface area contributed by atoms with Gasteiger partial charge >= 0.3 is 0 Å². The fourth-order valence-corrected chi connectivity index (χ4v) is 4.35. The number of rotatable bonds is 6. The largest absolute Gasteiger partial charge is 0.272 e. The van der Waals surface area contributed by atoms with Gasteiger partial charge in [0.15, 0.2) is 5.16 Å². The number of amides is 1. The molecule has 0 saturated carbocycles. The highest BCUT2D eigenvalue weighted by Crippen LogP contribution is 2.23. The number of carbonyl (C=O) groups is 1. The molecule has 178 valence electrons. The molecule has 0 fully saturated rings. The molecule has 0 aliphatic rings. The molecule has 7 heteroatoms. The molecule has 4 rings (SSSR count). The zero-order chi connectivity index (χ0) is 25.0. The van der Waals surface area contributed by atoms with Crippen LogP contribution in [0.25, 0.3) is 16.6 Å². The molecule has 1 amide bonds. The van der Waals surface area contributed by atoms with Crippen LogP contribution in [0, 0.1) is 6.92 Å². The highest BCUT2D eigenvalue weighted by atomic mass is 32.2. The normalized spacial score (nSPS) is 11.8. The average Bonchev–Trinajstić information content (AvgIpc) is 2.83. The molecular weight excluding hydrogens is 456 g/mol. The van der Waals surface area contributed by atoms with Gasteiger partial charge in [-0.2, -0.15) is 5.10 Å². The number of thioether (sulfide) groups is 1. The van der Waals surface area contributed by atoms with Gasteiger partial charge in [0.25, 0.3) is 11.5 Å². The Hall–Kier alpha value is -3.71. The Balaban J connectivity index is 1.50. The number of hydrazone groups is 1. The predicted molar refractivity (Wildman–Crippen MR) is 144 cm³/mol. The SMILES string of the molecule is Cc1ccc(-n2c(SCC(=O)N/N=C\c3ccc(C(C)(C)C)cc3)nc3ccccc3c2=O)cc1. The van der Waals surface area contributed by atoms with Crippen LogP contribution in [0.1, 0.15) is 37.5 Å². The number of fused-ring (bicyclic) bond motifs is 1. The number of hydrogen-bond acceptors (Lipinski definition) is 5. The van der Waals surface area contributed by atoms with E-state index >= 15 is 0 Å². The minimum Gasteiger partial charge on any atom is -0.272 e. The molecule has 0 radical (unpaired) electrons. The van der Waals surface area contributed by atoms with Crippen molar-refractivity contribution in [2.45, 2.75) is 38.3 Å². The summed E-state index contributed by atoms with van der Waals surface area (Å²) in [6, 6.07) is 23.0. The van der Waals surface area contributed by atoms with Gasteiger partial charge in [-0.25, -0.2) is 10.4 Å². The van der Waals surface area contributed by atoms with E-state index in [0.717, 1.165) is 11.1 Å². The van der Waals surface area contributed by atoms with Gasteiger partial charge in [0.05, 0.1) is 28.6 Å². The molecule has 6 nitrogen and oxygen atoms in total. The molecule has 1 aromatic heterocycles. The van der Waals surface area contributed by atoms with Crippen LogP contribution in [-0.4, -0.2) is 27.4 Å². The van der Waals surface area contributed by atoms with Gasteiger partial charge in [-0.3, -0.25) is 14.2 Å². The van der Waals surface area contributed by atoms with Crippen molar-refractivity contribution < 1.29 is 4.79 Å². The van der Waals surface area contributed by atoms with Gasteiger partial charge in [0.2, 0.25) is 0 Å². The van der Waals surface area contributed by atoms with Gasteiger partial charge in [0, 0.05) is 0 Å². The lowest BCUT2D eigenvalue weighted by atomic mass is 9.87. The first-order valence-electron chi connectivity index (χ1n) is 11.4. The molecule has 0 saturated heterocycles. The molecule has 0 bridgehead atoms. The van der Waals surface area contributed by atoms with Crippen LogP contribution in [0.3, 0.4) is 0 Å². The highest BCUT2D eigenvalue weighted by molar-refractivity contribution is 7.99. The van der Waals surface area contributed by atoms with Gasteiger partial charge < -0.3 is 0 Å². The minimum absolute atomic E-state index is 0.0664. The molecule has 0 atom stereocenters. The number of aryl methyl sites for hydroxylation is 1. The Labute approximate surface area is 209 Å². The standard InChI is InChI=1S/C28H28N4O2S/c1-19-9-15-22(16-10-19)32-26(34)23-7-5-6-8-24(23)30-27(32)35-18-25(33)31-29-17-20-11-13-21(14-12-20)28(2,3)4/h5-17H,18H2,1-4H3,(H,31,33)/b29-17-. The van der Waals surface area contributed by atoms with E-state index in [1.54, 1.807) is 22.9 Å². The van der Waals surface area contributed by atoms with Crippen molar-refractivity contribution in [3.63, 3.8) is 0 Å². The van der Waals surface area contributed by atoms with Gasteiger partial charge in [-0.15, -0.1) is 0 Å². The number of aromatic nitrogens is 2. The molecule has 0 aliphatic heterocycles. The lowest BCUT2D eigenvalue weighted by Crippen LogP contribution is -2.24. The van der Waals surface area contributed by atoms with Gasteiger partial charge in [-0.1, -0.05) is 86.6 Å². The summed E-state index contributed by atoms with van der Waals surface area (Å²) in [6.07, 6.45) is 1.62. The van der Waals surface area contributed by atoms with E-state index in [1.807, 2.05) is 55.5 Å². The summed E-state index contributed by atoms with van der Waals surface area (Å²) in [5.74, 6) is -0.216. The van der Waals surface area contributed by atoms with E-state index in [4.69, 9.17) is 0 Å². The zero-order valence-electron chi connectivity index (χ0n) is 20.3. The van der Waals surface area contributed by atoms with Crippen LogP contribution in [0.15, 0.2) is 87.8 Å². The van der Waals surface area contributed by atoms with Crippen LogP contribution in [0.5, 0.6) is 0 Å². The van der Waals surface area contributed by atoms with Crippen LogP contribution in [0.4, 0.5) is 0 Å². The number of nitrogens with zero attached hydrogens (tertiary/aromatic N) is 3. The summed E-state index contributed by atoms with van der Waals surface area (Å²) in [5.41, 5.74) is 7.00. The average molecular weight is 485 g/mol. The number of para-hydroxylation sites is 1. The van der Waals surface area contributed by atoms with Crippen molar-refractivity contribution in [2.24, 2.45) is 5.10 Å². The summed E-state index contributed by atoms with van der Waals surface area (Å²) in [5, 5.41) is 5.06. The Kier molecular flexibility index (Phi) is 7.17. The maximum atomic E-state index is 13.3. The van der Waals surface area contributed by atoms with Crippen molar-refractivity contribution >= 4 is 34.8 Å². The van der Waals surface area contributed by atoms with E-state index in [-0.39, 0.29) is 22.6 Å². The minimum atomic E-state index is -0.282. The van der Waals surface area contributed by atoms with Crippen LogP contribution in [-0.2, 0) is 10.2 Å². The number of carbonyl (C=O) groups excluding carboxylic acids is 1. The molecule has 0 unspecified atom stereocenters. The zero-order valence-corrected chi connectivity index (χ0v) is 21.1. The fourth-order valence-electron chi connectivity index (χ4n) is 3.54. The Morgan fingerprint density at radius 1 is 1.03 bits per heavy atom. The van der Waals surface area contributed by atoms with E-state index in [0.29, 0.717) is 21.7 Å². The predicted octanol–water partition coefficient (Wildman–Crippen LogP) is 5.23. The van der Waals surface area contributed by atoms with Gasteiger partial charge in [-0.05, 0) is 47.7 Å². The highest BCUT2D eigenvalue weighted by Gasteiger charge is 2.15. The van der Waals surface area contributed by atoms with Crippen molar-refractivity contribution in [1.82, 2.24) is 15.0 Å². The summed E-state index contributed by atoms with van der Waals surface area (Å²) in [7, 11) is 0. The Morgan fingerprint density at radius 2 is 1.71 bits per heavy atom. The molecule has 4 aromatic rings. The lowest BCUT2D eigenvalue weighted by Gasteiger charge is -2.18. The number of hydrogen-bond donors (Lipinski definition) is 1. The Bertz CT molecular complexity index is 1430. The Morgan fingerprint density at radius 3 is 2.40 bits per heavy atom. The van der Waals surface area contributed by atoms with E-state index < -0.39 is 0 Å². The van der Waals surface area contributed by atoms with Crippen molar-refractivity contribution in [3.8, 4) is 5.69 Å². The maximum Gasteiger partial charge on any atom is 0.266 e. The monoisotopic (exact) mass is 484 g/mol. The van der Waals surface area contributed by atoms with Gasteiger partial charge in [0.1, 0.15) is 0 Å². The second-order valence-electron chi connectivity index (χ2n) is 9.34. The van der Waals surface area contributed by atoms with Crippen LogP contribution < -0.4 is 11.0 Å². The number of benzene rings is 3. The quantitative estimate of drug-likeness (QED) is 0.176. The summed E-state index contributed by atoms with van der Waals surface area (Å²) in [6.45, 7) is 8.48. The number of nitrogens with one attached hydrogen (secondary N) is 1. The van der Waals surface area contributed by atoms with Crippen molar-refractivity contribution in [3.05, 3.63) is 99.8 Å². The third kappa shape index (κ3) is 5.87. The van der Waals surface area contributed by atoms with E-state index in [9.17, 15) is 9.59 Å². The van der Waals surface area contributed by atoms with E-state index in [1.165, 1.54) is 17.3 Å². The molecule has 1 heterocycles. The van der Waals surface area contributed by atoms with Crippen LogP contribution in [0.2, 0.25) is 0 Å². The van der Waals surface area contributed by atoms with Crippen LogP contribution >= 0.6 is 11.8 Å². The first-order valence-corrected chi connectivity index (χ1v) is 12.3. The third-order valence-corrected chi connectivity index (χ3v) is 6.49. The summed E-state index contributed by atoms with van der Waals surface area (Å²) >= 11 is 1.20. The first kappa shape index (κ1) is 24.4. The maximum absolute atomic E-state index is 13.3.